The second-order valence-corrected chi connectivity index (χ2v) is 7.65. The zero-order valence-corrected chi connectivity index (χ0v) is 17.0. The van der Waals surface area contributed by atoms with Crippen LogP contribution in [0.4, 0.5) is 0 Å². The van der Waals surface area contributed by atoms with E-state index in [4.69, 9.17) is 4.74 Å². The molecule has 1 aliphatic heterocycles. The Morgan fingerprint density at radius 1 is 1.03 bits per heavy atom. The van der Waals surface area contributed by atoms with Crippen molar-refractivity contribution in [2.24, 2.45) is 0 Å². The van der Waals surface area contributed by atoms with E-state index in [1.165, 1.54) is 10.2 Å². The van der Waals surface area contributed by atoms with Crippen molar-refractivity contribution >= 4 is 22.6 Å². The fraction of sp³-hybridized carbons (Fsp3) is 0.304. The van der Waals surface area contributed by atoms with Crippen LogP contribution < -0.4 is 5.56 Å². The molecule has 0 bridgehead atoms. The molecule has 1 aromatic heterocycles. The van der Waals surface area contributed by atoms with Crippen molar-refractivity contribution in [3.63, 3.8) is 0 Å². The molecule has 2 heterocycles. The van der Waals surface area contributed by atoms with Gasteiger partial charge in [0.2, 0.25) is 0 Å². The first-order valence-corrected chi connectivity index (χ1v) is 9.99. The normalized spacial score (nSPS) is 13.4. The predicted octanol–water partition coefficient (Wildman–Crippen LogP) is 2.72. The maximum atomic E-state index is 12.8. The molecule has 0 aliphatic carbocycles. The molecule has 0 saturated heterocycles. The fourth-order valence-electron chi connectivity index (χ4n) is 3.70. The van der Waals surface area contributed by atoms with Gasteiger partial charge in [-0.3, -0.25) is 9.59 Å². The summed E-state index contributed by atoms with van der Waals surface area (Å²) < 4.78 is 6.57. The maximum absolute atomic E-state index is 12.8. The summed E-state index contributed by atoms with van der Waals surface area (Å²) in [6.45, 7) is 4.36. The van der Waals surface area contributed by atoms with Gasteiger partial charge < -0.3 is 9.64 Å². The Hall–Kier alpha value is -3.48. The summed E-state index contributed by atoms with van der Waals surface area (Å²) in [5, 5.41) is 5.04. The van der Waals surface area contributed by atoms with Gasteiger partial charge >= 0.3 is 5.97 Å². The summed E-state index contributed by atoms with van der Waals surface area (Å²) in [4.78, 5) is 39.7. The lowest BCUT2D eigenvalue weighted by atomic mass is 10.00. The van der Waals surface area contributed by atoms with Crippen LogP contribution in [0.5, 0.6) is 0 Å². The van der Waals surface area contributed by atoms with Gasteiger partial charge in [0, 0.05) is 18.5 Å². The van der Waals surface area contributed by atoms with Crippen molar-refractivity contribution in [2.75, 3.05) is 13.2 Å². The van der Waals surface area contributed by atoms with E-state index in [9.17, 15) is 14.4 Å². The second kappa shape index (κ2) is 8.10. The summed E-state index contributed by atoms with van der Waals surface area (Å²) in [5.41, 5.74) is 2.13. The summed E-state index contributed by atoms with van der Waals surface area (Å²) in [6.07, 6.45) is 0.779. The van der Waals surface area contributed by atoms with Gasteiger partial charge in [-0.1, -0.05) is 42.5 Å². The number of nitrogens with zero attached hydrogens (tertiary/aromatic N) is 3. The van der Waals surface area contributed by atoms with Crippen LogP contribution in [0.15, 0.2) is 53.3 Å². The molecule has 0 unspecified atom stereocenters. The topological polar surface area (TPSA) is 81.5 Å². The third-order valence-electron chi connectivity index (χ3n) is 5.32. The first kappa shape index (κ1) is 19.8. The Kier molecular flexibility index (Phi) is 5.35. The first-order chi connectivity index (χ1) is 14.5. The van der Waals surface area contributed by atoms with E-state index in [1.807, 2.05) is 32.0 Å². The minimum Gasteiger partial charge on any atom is -0.451 e. The van der Waals surface area contributed by atoms with Crippen LogP contribution in [0.25, 0.3) is 10.8 Å². The fourth-order valence-corrected chi connectivity index (χ4v) is 3.70. The number of rotatable bonds is 4. The average molecular weight is 405 g/mol. The number of esters is 1. The molecule has 0 N–H and O–H groups in total. The van der Waals surface area contributed by atoms with Crippen LogP contribution in [-0.2, 0) is 22.5 Å². The van der Waals surface area contributed by atoms with Crippen molar-refractivity contribution in [1.82, 2.24) is 14.7 Å². The highest BCUT2D eigenvalue weighted by molar-refractivity contribution is 6.02. The van der Waals surface area contributed by atoms with Crippen molar-refractivity contribution in [3.05, 3.63) is 75.7 Å². The number of hydrogen-bond acceptors (Lipinski definition) is 5. The molecule has 0 saturated carbocycles. The zero-order valence-electron chi connectivity index (χ0n) is 17.0. The second-order valence-electron chi connectivity index (χ2n) is 7.65. The highest BCUT2D eigenvalue weighted by Gasteiger charge is 2.23. The van der Waals surface area contributed by atoms with Crippen LogP contribution in [0.3, 0.4) is 0 Å². The largest absolute Gasteiger partial charge is 0.451 e. The average Bonchev–Trinajstić information content (AvgIpc) is 2.77. The van der Waals surface area contributed by atoms with Gasteiger partial charge in [-0.15, -0.1) is 0 Å². The zero-order chi connectivity index (χ0) is 21.3. The number of fused-ring (bicyclic) bond motifs is 2. The number of amides is 1. The van der Waals surface area contributed by atoms with Gasteiger partial charge in [0.05, 0.1) is 11.4 Å². The Morgan fingerprint density at radius 3 is 2.43 bits per heavy atom. The van der Waals surface area contributed by atoms with Crippen LogP contribution in [0.2, 0.25) is 0 Å². The summed E-state index contributed by atoms with van der Waals surface area (Å²) in [6, 6.07) is 14.6. The van der Waals surface area contributed by atoms with Crippen LogP contribution >= 0.6 is 0 Å². The molecule has 4 rings (SSSR count). The van der Waals surface area contributed by atoms with E-state index in [0.29, 0.717) is 23.9 Å². The Labute approximate surface area is 173 Å². The molecule has 2 aromatic carbocycles. The lowest BCUT2D eigenvalue weighted by molar-refractivity contribution is -0.135. The van der Waals surface area contributed by atoms with Crippen molar-refractivity contribution in [2.45, 2.75) is 32.9 Å². The quantitative estimate of drug-likeness (QED) is 0.624. The monoisotopic (exact) mass is 405 g/mol. The minimum absolute atomic E-state index is 0.0377. The van der Waals surface area contributed by atoms with E-state index in [2.05, 4.69) is 11.2 Å². The number of ether oxygens (including phenoxy) is 1. The number of carbonyl (C=O) groups is 2. The number of carbonyl (C=O) groups excluding carboxylic acids is 2. The smallest absolute Gasteiger partial charge is 0.359 e. The molecule has 0 atom stereocenters. The van der Waals surface area contributed by atoms with E-state index in [-0.39, 0.29) is 29.8 Å². The molecular weight excluding hydrogens is 382 g/mol. The lowest BCUT2D eigenvalue weighted by Crippen LogP contribution is -2.38. The lowest BCUT2D eigenvalue weighted by Gasteiger charge is -2.28. The molecule has 154 valence electrons. The summed E-state index contributed by atoms with van der Waals surface area (Å²) in [5.74, 6) is -0.967. The minimum atomic E-state index is -0.716. The van der Waals surface area contributed by atoms with Crippen molar-refractivity contribution in [3.8, 4) is 0 Å². The molecule has 1 amide bonds. The van der Waals surface area contributed by atoms with Crippen LogP contribution in [0.1, 0.15) is 41.5 Å². The predicted molar refractivity (Wildman–Crippen MR) is 112 cm³/mol. The van der Waals surface area contributed by atoms with E-state index in [1.54, 1.807) is 29.2 Å². The molecule has 0 spiro atoms. The molecule has 3 aromatic rings. The van der Waals surface area contributed by atoms with Gasteiger partial charge in [-0.05, 0) is 37.5 Å². The highest BCUT2D eigenvalue weighted by Crippen LogP contribution is 2.19. The van der Waals surface area contributed by atoms with E-state index >= 15 is 0 Å². The van der Waals surface area contributed by atoms with Gasteiger partial charge in [-0.2, -0.15) is 5.10 Å². The molecule has 1 aliphatic rings. The van der Waals surface area contributed by atoms with Gasteiger partial charge in [0.15, 0.2) is 12.3 Å². The molecule has 0 radical (unpaired) electrons. The Balaban J connectivity index is 1.52. The van der Waals surface area contributed by atoms with Crippen molar-refractivity contribution in [1.29, 1.82) is 0 Å². The summed E-state index contributed by atoms with van der Waals surface area (Å²) in [7, 11) is 0. The van der Waals surface area contributed by atoms with E-state index in [0.717, 1.165) is 12.0 Å². The molecule has 0 fully saturated rings. The third-order valence-corrected chi connectivity index (χ3v) is 5.32. The highest BCUT2D eigenvalue weighted by atomic mass is 16.5. The number of hydrogen-bond donors (Lipinski definition) is 0. The van der Waals surface area contributed by atoms with Crippen LogP contribution in [-0.4, -0.2) is 39.7 Å². The maximum Gasteiger partial charge on any atom is 0.359 e. The third kappa shape index (κ3) is 3.70. The molecule has 7 nitrogen and oxygen atoms in total. The number of aromatic nitrogens is 2. The molecule has 7 heteroatoms. The Morgan fingerprint density at radius 2 is 1.70 bits per heavy atom. The van der Waals surface area contributed by atoms with E-state index < -0.39 is 5.97 Å². The standard InChI is InChI=1S/C23H23N3O4/c1-15(2)26-22(28)19-10-6-5-9-18(19)21(24-26)23(29)30-14-20(27)25-12-11-16-7-3-4-8-17(16)13-25/h3-10,15H,11-14H2,1-2H3. The Bertz CT molecular complexity index is 1180. The molecular formula is C23H23N3O4. The summed E-state index contributed by atoms with van der Waals surface area (Å²) >= 11 is 0. The molecule has 30 heavy (non-hydrogen) atoms. The van der Waals surface area contributed by atoms with Gasteiger partial charge in [-0.25, -0.2) is 9.48 Å². The SMILES string of the molecule is CC(C)n1nc(C(=O)OCC(=O)N2CCc3ccccc3C2)c2ccccc2c1=O. The van der Waals surface area contributed by atoms with Crippen molar-refractivity contribution < 1.29 is 14.3 Å². The van der Waals surface area contributed by atoms with Gasteiger partial charge in [0.25, 0.3) is 11.5 Å². The number of benzene rings is 2. The first-order valence-electron chi connectivity index (χ1n) is 9.99. The van der Waals surface area contributed by atoms with Crippen LogP contribution in [0, 0.1) is 0 Å². The van der Waals surface area contributed by atoms with Gasteiger partial charge in [0.1, 0.15) is 0 Å².